The Balaban J connectivity index is 2.12. The molecule has 5 heteroatoms. The van der Waals surface area contributed by atoms with Crippen LogP contribution in [0.25, 0.3) is 0 Å². The summed E-state index contributed by atoms with van der Waals surface area (Å²) in [5.41, 5.74) is 4.07. The highest BCUT2D eigenvalue weighted by Gasteiger charge is 2.08. The SMILES string of the molecule is Cc1cc(C)c(NC(=O)Nc2cnccn2)c(C)c1. The molecule has 19 heavy (non-hydrogen) atoms. The molecular weight excluding hydrogens is 240 g/mol. The average molecular weight is 256 g/mol. The van der Waals surface area contributed by atoms with Crippen LogP contribution in [0.15, 0.2) is 30.7 Å². The van der Waals surface area contributed by atoms with Crippen molar-refractivity contribution in [3.8, 4) is 0 Å². The molecule has 1 aromatic carbocycles. The third kappa shape index (κ3) is 3.28. The summed E-state index contributed by atoms with van der Waals surface area (Å²) in [7, 11) is 0. The number of hydrogen-bond acceptors (Lipinski definition) is 3. The molecule has 2 rings (SSSR count). The lowest BCUT2D eigenvalue weighted by molar-refractivity contribution is 0.262. The second kappa shape index (κ2) is 5.48. The molecular formula is C14H16N4O. The van der Waals surface area contributed by atoms with Crippen molar-refractivity contribution < 1.29 is 4.79 Å². The quantitative estimate of drug-likeness (QED) is 0.867. The Bertz CT molecular complexity index is 573. The fraction of sp³-hybridized carbons (Fsp3) is 0.214. The van der Waals surface area contributed by atoms with E-state index < -0.39 is 0 Å². The van der Waals surface area contributed by atoms with E-state index in [-0.39, 0.29) is 6.03 Å². The Hall–Kier alpha value is -2.43. The lowest BCUT2D eigenvalue weighted by atomic mass is 10.1. The maximum atomic E-state index is 11.9. The molecule has 0 aliphatic carbocycles. The van der Waals surface area contributed by atoms with E-state index in [4.69, 9.17) is 0 Å². The summed E-state index contributed by atoms with van der Waals surface area (Å²) in [4.78, 5) is 19.8. The van der Waals surface area contributed by atoms with E-state index >= 15 is 0 Å². The molecule has 0 saturated carbocycles. The number of carbonyl (C=O) groups excluding carboxylic acids is 1. The predicted octanol–water partition coefficient (Wildman–Crippen LogP) is 3.05. The minimum atomic E-state index is -0.324. The first-order chi connectivity index (χ1) is 9.06. The summed E-state index contributed by atoms with van der Waals surface area (Å²) in [6.45, 7) is 5.97. The van der Waals surface area contributed by atoms with Crippen LogP contribution in [-0.4, -0.2) is 16.0 Å². The fourth-order valence-corrected chi connectivity index (χ4v) is 2.00. The van der Waals surface area contributed by atoms with Gasteiger partial charge in [0.1, 0.15) is 0 Å². The summed E-state index contributed by atoms with van der Waals surface area (Å²) in [5, 5.41) is 5.47. The molecule has 98 valence electrons. The zero-order valence-electron chi connectivity index (χ0n) is 11.2. The molecule has 0 bridgehead atoms. The second-order valence-corrected chi connectivity index (χ2v) is 4.44. The van der Waals surface area contributed by atoms with Crippen LogP contribution < -0.4 is 10.6 Å². The maximum absolute atomic E-state index is 11.9. The minimum absolute atomic E-state index is 0.324. The van der Waals surface area contributed by atoms with Crippen LogP contribution in [0.2, 0.25) is 0 Å². The number of aryl methyl sites for hydroxylation is 3. The summed E-state index contributed by atoms with van der Waals surface area (Å²) in [5.74, 6) is 0.419. The third-order valence-electron chi connectivity index (χ3n) is 2.72. The number of amides is 2. The molecule has 0 saturated heterocycles. The number of nitrogens with one attached hydrogen (secondary N) is 2. The van der Waals surface area contributed by atoms with E-state index in [0.29, 0.717) is 5.82 Å². The van der Waals surface area contributed by atoms with E-state index in [0.717, 1.165) is 16.8 Å². The van der Waals surface area contributed by atoms with Crippen LogP contribution in [0.4, 0.5) is 16.3 Å². The Labute approximate surface area is 112 Å². The van der Waals surface area contributed by atoms with Crippen molar-refractivity contribution in [2.75, 3.05) is 10.6 Å². The van der Waals surface area contributed by atoms with Gasteiger partial charge < -0.3 is 5.32 Å². The highest BCUT2D eigenvalue weighted by molar-refractivity contribution is 6.00. The van der Waals surface area contributed by atoms with Crippen molar-refractivity contribution in [3.05, 3.63) is 47.4 Å². The molecule has 0 spiro atoms. The van der Waals surface area contributed by atoms with Gasteiger partial charge in [-0.2, -0.15) is 0 Å². The van der Waals surface area contributed by atoms with Crippen LogP contribution in [-0.2, 0) is 0 Å². The van der Waals surface area contributed by atoms with Crippen molar-refractivity contribution in [2.24, 2.45) is 0 Å². The summed E-state index contributed by atoms with van der Waals surface area (Å²) >= 11 is 0. The van der Waals surface area contributed by atoms with Gasteiger partial charge in [-0.25, -0.2) is 9.78 Å². The smallest absolute Gasteiger partial charge is 0.307 e. The largest absolute Gasteiger partial charge is 0.324 e. The van der Waals surface area contributed by atoms with Gasteiger partial charge in [0.25, 0.3) is 0 Å². The van der Waals surface area contributed by atoms with Crippen molar-refractivity contribution >= 4 is 17.5 Å². The normalized spacial score (nSPS) is 10.1. The predicted molar refractivity (Wildman–Crippen MR) is 75.3 cm³/mol. The Morgan fingerprint density at radius 1 is 1.05 bits per heavy atom. The molecule has 0 radical (unpaired) electrons. The number of hydrogen-bond donors (Lipinski definition) is 2. The van der Waals surface area contributed by atoms with Crippen molar-refractivity contribution in [1.82, 2.24) is 9.97 Å². The van der Waals surface area contributed by atoms with E-state index in [1.165, 1.54) is 18.0 Å². The molecule has 0 unspecified atom stereocenters. The summed E-state index contributed by atoms with van der Waals surface area (Å²) in [6.07, 6.45) is 4.57. The highest BCUT2D eigenvalue weighted by Crippen LogP contribution is 2.21. The fourth-order valence-electron chi connectivity index (χ4n) is 2.00. The lowest BCUT2D eigenvalue weighted by Gasteiger charge is -2.13. The molecule has 0 fully saturated rings. The summed E-state index contributed by atoms with van der Waals surface area (Å²) < 4.78 is 0. The van der Waals surface area contributed by atoms with Gasteiger partial charge in [-0.3, -0.25) is 10.3 Å². The molecule has 2 aromatic rings. The second-order valence-electron chi connectivity index (χ2n) is 4.44. The molecule has 0 aliphatic rings. The highest BCUT2D eigenvalue weighted by atomic mass is 16.2. The Morgan fingerprint density at radius 3 is 2.32 bits per heavy atom. The number of benzene rings is 1. The van der Waals surface area contributed by atoms with Gasteiger partial charge in [0, 0.05) is 18.1 Å². The van der Waals surface area contributed by atoms with Crippen LogP contribution in [0.3, 0.4) is 0 Å². The number of urea groups is 1. The van der Waals surface area contributed by atoms with E-state index in [2.05, 4.69) is 20.6 Å². The zero-order chi connectivity index (χ0) is 13.8. The van der Waals surface area contributed by atoms with Crippen molar-refractivity contribution in [3.63, 3.8) is 0 Å². The molecule has 2 N–H and O–H groups in total. The molecule has 0 aliphatic heterocycles. The third-order valence-corrected chi connectivity index (χ3v) is 2.72. The van der Waals surface area contributed by atoms with Gasteiger partial charge in [-0.05, 0) is 31.9 Å². The molecule has 1 aromatic heterocycles. The standard InChI is InChI=1S/C14H16N4O/c1-9-6-10(2)13(11(3)7-9)18-14(19)17-12-8-15-4-5-16-12/h4-8H,1-3H3,(H2,16,17,18,19). The van der Waals surface area contributed by atoms with Gasteiger partial charge in [-0.15, -0.1) is 0 Å². The van der Waals surface area contributed by atoms with Gasteiger partial charge in [0.05, 0.1) is 6.20 Å². The van der Waals surface area contributed by atoms with E-state index in [1.54, 1.807) is 6.20 Å². The topological polar surface area (TPSA) is 66.9 Å². The number of aromatic nitrogens is 2. The zero-order valence-corrected chi connectivity index (χ0v) is 11.2. The van der Waals surface area contributed by atoms with Gasteiger partial charge >= 0.3 is 6.03 Å². The van der Waals surface area contributed by atoms with Crippen LogP contribution in [0.1, 0.15) is 16.7 Å². The van der Waals surface area contributed by atoms with Gasteiger partial charge in [-0.1, -0.05) is 17.7 Å². The number of anilines is 2. The molecule has 2 amide bonds. The first kappa shape index (κ1) is 13.0. The number of nitrogens with zero attached hydrogens (tertiary/aromatic N) is 2. The van der Waals surface area contributed by atoms with Gasteiger partial charge in [0.2, 0.25) is 0 Å². The summed E-state index contributed by atoms with van der Waals surface area (Å²) in [6, 6.07) is 3.74. The first-order valence-corrected chi connectivity index (χ1v) is 5.98. The van der Waals surface area contributed by atoms with Crippen LogP contribution >= 0.6 is 0 Å². The Morgan fingerprint density at radius 2 is 1.74 bits per heavy atom. The van der Waals surface area contributed by atoms with E-state index in [1.807, 2.05) is 32.9 Å². The minimum Gasteiger partial charge on any atom is -0.307 e. The van der Waals surface area contributed by atoms with Crippen molar-refractivity contribution in [2.45, 2.75) is 20.8 Å². The number of rotatable bonds is 2. The molecule has 5 nitrogen and oxygen atoms in total. The average Bonchev–Trinajstić information content (AvgIpc) is 2.35. The van der Waals surface area contributed by atoms with Crippen molar-refractivity contribution in [1.29, 1.82) is 0 Å². The van der Waals surface area contributed by atoms with Crippen LogP contribution in [0, 0.1) is 20.8 Å². The van der Waals surface area contributed by atoms with E-state index in [9.17, 15) is 4.79 Å². The van der Waals surface area contributed by atoms with Crippen LogP contribution in [0.5, 0.6) is 0 Å². The Kier molecular flexibility index (Phi) is 3.75. The van der Waals surface area contributed by atoms with Gasteiger partial charge in [0.15, 0.2) is 5.82 Å². The lowest BCUT2D eigenvalue weighted by Crippen LogP contribution is -2.21. The first-order valence-electron chi connectivity index (χ1n) is 5.98. The molecule has 0 atom stereocenters. The number of carbonyl (C=O) groups is 1. The maximum Gasteiger partial charge on any atom is 0.324 e. The monoisotopic (exact) mass is 256 g/mol. The molecule has 1 heterocycles.